The highest BCUT2D eigenvalue weighted by Gasteiger charge is 2.39. The predicted octanol–water partition coefficient (Wildman–Crippen LogP) is 2.52. The van der Waals surface area contributed by atoms with E-state index < -0.39 is 21.9 Å². The highest BCUT2D eigenvalue weighted by molar-refractivity contribution is 7.86. The van der Waals surface area contributed by atoms with Gasteiger partial charge in [0.1, 0.15) is 11.3 Å². The summed E-state index contributed by atoms with van der Waals surface area (Å²) in [5.41, 5.74) is -0.151. The summed E-state index contributed by atoms with van der Waals surface area (Å²) in [6.07, 6.45) is 2.53. The number of rotatable bonds is 6. The van der Waals surface area contributed by atoms with Crippen molar-refractivity contribution < 1.29 is 22.7 Å². The summed E-state index contributed by atoms with van der Waals surface area (Å²) < 4.78 is 39.1. The largest absolute Gasteiger partial charge is 0.444 e. The molecule has 2 atom stereocenters. The number of amides is 2. The van der Waals surface area contributed by atoms with Gasteiger partial charge in [0.25, 0.3) is 16.1 Å². The molecule has 2 aliphatic rings. The van der Waals surface area contributed by atoms with E-state index in [-0.39, 0.29) is 24.0 Å². The third kappa shape index (κ3) is 6.89. The Balaban J connectivity index is 1.49. The van der Waals surface area contributed by atoms with E-state index in [1.165, 1.54) is 20.1 Å². The number of nitrogens with one attached hydrogen (secondary N) is 2. The average molecular weight is 516 g/mol. The van der Waals surface area contributed by atoms with Gasteiger partial charge < -0.3 is 15.4 Å². The molecule has 34 heavy (non-hydrogen) atoms. The topological polar surface area (TPSA) is 121 Å². The smallest absolute Gasteiger partial charge is 0.407 e. The second-order valence-electron chi connectivity index (χ2n) is 10.0. The number of hydrogen-bond acceptors (Lipinski definition) is 7. The molecule has 1 aromatic heterocycles. The van der Waals surface area contributed by atoms with Crippen LogP contribution in [0, 0.1) is 0 Å². The monoisotopic (exact) mass is 515 g/mol. The van der Waals surface area contributed by atoms with Gasteiger partial charge in [0.2, 0.25) is 0 Å². The van der Waals surface area contributed by atoms with Crippen LogP contribution in [0.4, 0.5) is 4.79 Å². The lowest BCUT2D eigenvalue weighted by molar-refractivity contribution is 0.0489. The number of piperidine rings is 2. The Morgan fingerprint density at radius 3 is 2.35 bits per heavy atom. The van der Waals surface area contributed by atoms with Crippen LogP contribution in [0.25, 0.3) is 0 Å². The molecule has 12 heteroatoms. The molecule has 2 fully saturated rings. The Bertz CT molecular complexity index is 967. The van der Waals surface area contributed by atoms with Gasteiger partial charge in [0.05, 0.1) is 0 Å². The van der Waals surface area contributed by atoms with Crippen LogP contribution < -0.4 is 10.6 Å². The van der Waals surface area contributed by atoms with Gasteiger partial charge in [-0.05, 0) is 77.4 Å². The Morgan fingerprint density at radius 2 is 1.79 bits per heavy atom. The summed E-state index contributed by atoms with van der Waals surface area (Å²) in [7, 11) is -3.62. The van der Waals surface area contributed by atoms with Gasteiger partial charge in [-0.3, -0.25) is 4.79 Å². The SMILES string of the molecule is CCc1cc(C(=O)N[C@@H]2CCN(S(=O)(=O)N3CCC(NC(=O)OC(C)(C)C)CC3)[C@@H](C)C2)ns1. The van der Waals surface area contributed by atoms with Crippen LogP contribution in [0.5, 0.6) is 0 Å². The first-order valence-corrected chi connectivity index (χ1v) is 14.1. The number of carbonyl (C=O) groups excluding carboxylic acids is 2. The lowest BCUT2D eigenvalue weighted by Gasteiger charge is -2.41. The molecule has 2 saturated heterocycles. The van der Waals surface area contributed by atoms with Crippen molar-refractivity contribution in [3.8, 4) is 0 Å². The molecule has 0 aliphatic carbocycles. The van der Waals surface area contributed by atoms with E-state index in [0.29, 0.717) is 51.0 Å². The molecule has 3 heterocycles. The minimum atomic E-state index is -3.62. The maximum atomic E-state index is 13.3. The fourth-order valence-corrected chi connectivity index (χ4v) is 6.81. The van der Waals surface area contributed by atoms with E-state index in [4.69, 9.17) is 4.74 Å². The van der Waals surface area contributed by atoms with Crippen molar-refractivity contribution in [2.24, 2.45) is 0 Å². The van der Waals surface area contributed by atoms with Crippen molar-refractivity contribution in [1.82, 2.24) is 23.6 Å². The van der Waals surface area contributed by atoms with Crippen molar-refractivity contribution >= 4 is 33.7 Å². The number of carbonyl (C=O) groups is 2. The third-order valence-corrected chi connectivity index (χ3v) is 9.17. The molecule has 2 N–H and O–H groups in total. The van der Waals surface area contributed by atoms with E-state index in [2.05, 4.69) is 15.0 Å². The highest BCUT2D eigenvalue weighted by atomic mass is 32.2. The zero-order chi connectivity index (χ0) is 25.1. The molecule has 0 spiro atoms. The molecule has 0 saturated carbocycles. The first kappa shape index (κ1) is 26.8. The van der Waals surface area contributed by atoms with E-state index >= 15 is 0 Å². The molecular weight excluding hydrogens is 478 g/mol. The predicted molar refractivity (Wildman–Crippen MR) is 131 cm³/mol. The fourth-order valence-electron chi connectivity index (χ4n) is 4.32. The number of hydrogen-bond donors (Lipinski definition) is 2. The van der Waals surface area contributed by atoms with Crippen molar-refractivity contribution in [3.05, 3.63) is 16.6 Å². The Hall–Kier alpha value is -1.76. The summed E-state index contributed by atoms with van der Waals surface area (Å²) in [5, 5.41) is 5.85. The summed E-state index contributed by atoms with van der Waals surface area (Å²) in [5.74, 6) is -0.205. The van der Waals surface area contributed by atoms with Crippen molar-refractivity contribution in [2.75, 3.05) is 19.6 Å². The Labute approximate surface area is 206 Å². The second kappa shape index (κ2) is 10.9. The van der Waals surface area contributed by atoms with E-state index in [9.17, 15) is 18.0 Å². The molecule has 0 unspecified atom stereocenters. The summed E-state index contributed by atoms with van der Waals surface area (Å²) in [4.78, 5) is 25.6. The quantitative estimate of drug-likeness (QED) is 0.601. The molecule has 0 bridgehead atoms. The van der Waals surface area contributed by atoms with Crippen molar-refractivity contribution in [3.63, 3.8) is 0 Å². The van der Waals surface area contributed by atoms with Crippen LogP contribution in [-0.2, 0) is 21.4 Å². The molecule has 1 aromatic rings. The Morgan fingerprint density at radius 1 is 1.15 bits per heavy atom. The number of ether oxygens (including phenoxy) is 1. The molecule has 0 aromatic carbocycles. The van der Waals surface area contributed by atoms with Crippen LogP contribution >= 0.6 is 11.5 Å². The molecule has 10 nitrogen and oxygen atoms in total. The number of alkyl carbamates (subject to hydrolysis) is 1. The summed E-state index contributed by atoms with van der Waals surface area (Å²) in [6.45, 7) is 10.3. The maximum absolute atomic E-state index is 13.3. The zero-order valence-corrected chi connectivity index (χ0v) is 22.3. The van der Waals surface area contributed by atoms with Gasteiger partial charge >= 0.3 is 6.09 Å². The van der Waals surface area contributed by atoms with Gasteiger partial charge in [0.15, 0.2) is 0 Å². The van der Waals surface area contributed by atoms with E-state index in [0.717, 1.165) is 11.3 Å². The molecule has 2 aliphatic heterocycles. The second-order valence-corrected chi connectivity index (χ2v) is 12.8. The van der Waals surface area contributed by atoms with Crippen LogP contribution in [-0.4, -0.2) is 76.8 Å². The normalized spacial score (nSPS) is 23.4. The van der Waals surface area contributed by atoms with Crippen molar-refractivity contribution in [1.29, 1.82) is 0 Å². The lowest BCUT2D eigenvalue weighted by Crippen LogP contribution is -2.56. The number of aryl methyl sites for hydroxylation is 1. The third-order valence-electron chi connectivity index (χ3n) is 6.09. The van der Waals surface area contributed by atoms with Crippen LogP contribution in [0.1, 0.15) is 75.7 Å². The summed E-state index contributed by atoms with van der Waals surface area (Å²) >= 11 is 1.33. The van der Waals surface area contributed by atoms with Gasteiger partial charge in [-0.25, -0.2) is 4.79 Å². The van der Waals surface area contributed by atoms with Crippen LogP contribution in [0.15, 0.2) is 6.07 Å². The number of nitrogens with zero attached hydrogens (tertiary/aromatic N) is 3. The number of aromatic nitrogens is 1. The average Bonchev–Trinajstić information content (AvgIpc) is 3.22. The maximum Gasteiger partial charge on any atom is 0.407 e. The Kier molecular flexibility index (Phi) is 8.59. The van der Waals surface area contributed by atoms with E-state index in [1.807, 2.05) is 19.9 Å². The first-order chi connectivity index (χ1) is 15.9. The van der Waals surface area contributed by atoms with Gasteiger partial charge in [-0.1, -0.05) is 6.92 Å². The molecule has 0 radical (unpaired) electrons. The lowest BCUT2D eigenvalue weighted by atomic mass is 10.0. The van der Waals surface area contributed by atoms with Gasteiger partial charge in [0, 0.05) is 42.6 Å². The van der Waals surface area contributed by atoms with Crippen molar-refractivity contribution in [2.45, 2.75) is 90.4 Å². The van der Waals surface area contributed by atoms with Crippen LogP contribution in [0.2, 0.25) is 0 Å². The minimum absolute atomic E-state index is 0.0931. The summed E-state index contributed by atoms with van der Waals surface area (Å²) in [6, 6.07) is 1.37. The van der Waals surface area contributed by atoms with Gasteiger partial charge in [-0.2, -0.15) is 21.4 Å². The van der Waals surface area contributed by atoms with E-state index in [1.54, 1.807) is 20.8 Å². The molecular formula is C22H37N5O5S2. The zero-order valence-electron chi connectivity index (χ0n) is 20.7. The molecule has 2 amide bonds. The molecule has 3 rings (SSSR count). The fraction of sp³-hybridized carbons (Fsp3) is 0.773. The minimum Gasteiger partial charge on any atom is -0.444 e. The van der Waals surface area contributed by atoms with Crippen LogP contribution in [0.3, 0.4) is 0 Å². The highest BCUT2D eigenvalue weighted by Crippen LogP contribution is 2.25. The first-order valence-electron chi connectivity index (χ1n) is 11.9. The standard InChI is InChI=1S/C22H37N5O5S2/c1-6-18-14-19(25-33-18)20(28)23-17-9-12-27(15(2)13-17)34(30,31)26-10-7-16(8-11-26)24-21(29)32-22(3,4)5/h14-17H,6-13H2,1-5H3,(H,23,28)(H,24,29)/t15-,17+/m0/s1. The molecule has 192 valence electrons. The van der Waals surface area contributed by atoms with Gasteiger partial charge in [-0.15, -0.1) is 0 Å².